The molecule has 1 fully saturated rings. The third-order valence-corrected chi connectivity index (χ3v) is 13.3. The minimum absolute atomic E-state index is 0.0312. The van der Waals surface area contributed by atoms with Crippen LogP contribution >= 0.6 is 37.9 Å². The lowest BCUT2D eigenvalue weighted by Gasteiger charge is -2.34. The van der Waals surface area contributed by atoms with Crippen molar-refractivity contribution in [2.75, 3.05) is 123 Å². The Morgan fingerprint density at radius 3 is 1.14 bits per heavy atom. The molecule has 1 aliphatic heterocycles. The highest BCUT2D eigenvalue weighted by molar-refractivity contribution is 7.90. The first kappa shape index (κ1) is 113. The molecule has 0 aromatic heterocycles. The number of nitrogens with zero attached hydrogens (tertiary/aromatic N) is 3. The fraction of sp³-hybridized carbons (Fsp3) is 0.758. The van der Waals surface area contributed by atoms with Crippen molar-refractivity contribution in [1.82, 2.24) is 9.80 Å². The zero-order valence-corrected chi connectivity index (χ0v) is 64.0. The van der Waals surface area contributed by atoms with Crippen molar-refractivity contribution in [1.29, 1.82) is 0 Å². The van der Waals surface area contributed by atoms with E-state index in [2.05, 4.69) is 68.5 Å². The van der Waals surface area contributed by atoms with Crippen LogP contribution in [0.3, 0.4) is 0 Å². The molecule has 0 bridgehead atoms. The molecule has 0 amide bonds. The van der Waals surface area contributed by atoms with Gasteiger partial charge in [0.25, 0.3) is 0 Å². The largest absolute Gasteiger partial charge is 0.508 e. The molecular weight excluding hydrogens is 1250 g/mol. The van der Waals surface area contributed by atoms with E-state index in [0.29, 0.717) is 30.9 Å². The zero-order valence-electron chi connectivity index (χ0n) is 60.5. The molecule has 91 heavy (non-hydrogen) atoms. The summed E-state index contributed by atoms with van der Waals surface area (Å²) in [5.41, 5.74) is 9.99. The van der Waals surface area contributed by atoms with Crippen LogP contribution in [0.25, 0.3) is 10.8 Å². The average Bonchev–Trinajstić information content (AvgIpc) is 1.14. The first-order chi connectivity index (χ1) is 42.8. The number of benzene rings is 3. The lowest BCUT2D eigenvalue weighted by atomic mass is 9.90. The number of hydrogen-bond donors (Lipinski definition) is 19. The summed E-state index contributed by atoms with van der Waals surface area (Å²) in [6.45, 7) is 45.2. The van der Waals surface area contributed by atoms with Crippen molar-refractivity contribution in [3.05, 3.63) is 54.6 Å². The highest BCUT2D eigenvalue weighted by atomic mass is 32.2. The van der Waals surface area contributed by atoms with Gasteiger partial charge >= 0.3 is 0 Å². The molecule has 0 spiro atoms. The van der Waals surface area contributed by atoms with Gasteiger partial charge in [0, 0.05) is 80.7 Å². The summed E-state index contributed by atoms with van der Waals surface area (Å²) in [5, 5.41) is 123. The van der Waals surface area contributed by atoms with Crippen LogP contribution in [0.2, 0.25) is 0 Å². The molecule has 1 heterocycles. The predicted octanol–water partition coefficient (Wildman–Crippen LogP) is 9.08. The average molecular weight is 1390 g/mol. The molecule has 4 unspecified atom stereocenters. The summed E-state index contributed by atoms with van der Waals surface area (Å²) >= 11 is 12.0. The van der Waals surface area contributed by atoms with Gasteiger partial charge in [-0.05, 0) is 139 Å². The van der Waals surface area contributed by atoms with Gasteiger partial charge < -0.3 is 87.9 Å². The minimum Gasteiger partial charge on any atom is -0.508 e. The number of aliphatic hydroxyl groups excluding tert-OH is 10. The number of hydrogen-bond acceptors (Lipinski definition) is 23. The molecule has 4 rings (SSSR count). The third-order valence-electron chi connectivity index (χ3n) is 10.9. The van der Waals surface area contributed by atoms with E-state index < -0.39 is 9.84 Å². The number of β-amino-alcohol motifs (C(OH)–C–C–N with tert-alkyl or cyclic N) is 1. The predicted molar refractivity (Wildman–Crippen MR) is 397 cm³/mol. The fourth-order valence-electron chi connectivity index (χ4n) is 5.89. The Hall–Kier alpha value is -2.48. The van der Waals surface area contributed by atoms with E-state index in [4.69, 9.17) is 83.0 Å². The molecule has 0 saturated carbocycles. The van der Waals surface area contributed by atoms with Crippen molar-refractivity contribution >= 4 is 58.5 Å². The molecule has 552 valence electrons. The van der Waals surface area contributed by atoms with Gasteiger partial charge in [-0.2, -0.15) is 37.9 Å². The molecule has 1 aliphatic rings. The molecule has 0 aliphatic carbocycles. The number of phenols is 4. The second-order valence-corrected chi connectivity index (χ2v) is 23.5. The molecule has 21 nitrogen and oxygen atoms in total. The second kappa shape index (κ2) is 83.6. The fourth-order valence-corrected chi connectivity index (χ4v) is 6.93. The van der Waals surface area contributed by atoms with Crippen LogP contribution in [-0.2, 0) is 9.84 Å². The number of sulfone groups is 1. The summed E-state index contributed by atoms with van der Waals surface area (Å²) in [4.78, 5) is 4.56. The van der Waals surface area contributed by atoms with Gasteiger partial charge in [0.05, 0.1) is 38.6 Å². The Bertz CT molecular complexity index is 1850. The smallest absolute Gasteiger partial charge is 0.183 e. The van der Waals surface area contributed by atoms with E-state index in [0.717, 1.165) is 92.5 Å². The van der Waals surface area contributed by atoms with Crippen LogP contribution in [0.4, 0.5) is 0 Å². The maximum atomic E-state index is 10.9. The van der Waals surface area contributed by atoms with Gasteiger partial charge in [0.2, 0.25) is 0 Å². The third kappa shape index (κ3) is 83.6. The molecule has 4 atom stereocenters. The van der Waals surface area contributed by atoms with Crippen LogP contribution in [0, 0.1) is 5.41 Å². The van der Waals surface area contributed by atoms with E-state index in [1.54, 1.807) is 52.0 Å². The molecule has 0 radical (unpaired) electrons. The van der Waals surface area contributed by atoms with Gasteiger partial charge in [-0.15, -0.1) is 0 Å². The Balaban J connectivity index is -0.0000000869. The first-order valence-corrected chi connectivity index (χ1v) is 36.0. The van der Waals surface area contributed by atoms with Crippen molar-refractivity contribution in [3.63, 3.8) is 0 Å². The molecule has 25 heteroatoms. The Morgan fingerprint density at radius 2 is 0.956 bits per heavy atom. The zero-order chi connectivity index (χ0) is 74.0. The van der Waals surface area contributed by atoms with Gasteiger partial charge in [-0.3, -0.25) is 9.38 Å². The monoisotopic (exact) mass is 1390 g/mol. The topological polar surface area (TPSA) is 376 Å². The number of thiol groups is 3. The number of nitrogens with two attached hydrogens (primary N) is 2. The summed E-state index contributed by atoms with van der Waals surface area (Å²) in [6.07, 6.45) is 7.06. The standard InChI is InChI=1S/C10H8O2.C9H20N2O.C7H8O4S.C6H16NO3.C6H14O2.C5H13N.C5H12O2.C4H10S2.C2H7N.2C2H6O.C2H6S.3C2H6/c11-9-3-1-7-2-4-10(12)6-8(7)5-9;1-2-3-10-4-6-11(7-5-10)8-9-12;1-12(10,11)7-4-5(8)2-3-6(7)9;1-2-3-7(4-8,5-9)6-10;1-3-6(2,4-7)5-8;1-3-4-5(2)6;1-4(6)3-5(2)7;1-2-4(6)3-5;4*1-2-3;3*1-2/h1-6,11-12H;12H,2-9H2,1H3;2-4,8-9H,1H3;8-10H,2-6H2,1H3;7-8H,3-5H2,1-2H3;5H,3-4,6H2,1-2H3;4-7H,3H2,1-2H3;4-6H,2-3H2,1H3;2-3H2,1H3;3*3H,2H2,1H3;3*1-2H3/q;;;+1;;;;;;;;;;;. The van der Waals surface area contributed by atoms with E-state index in [1.165, 1.54) is 38.5 Å². The van der Waals surface area contributed by atoms with Crippen molar-refractivity contribution in [2.45, 2.75) is 205 Å². The molecule has 3 aromatic rings. The number of aliphatic hydroxyl groups is 10. The lowest BCUT2D eigenvalue weighted by molar-refractivity contribution is -0.976. The summed E-state index contributed by atoms with van der Waals surface area (Å²) in [7, 11) is -3.47. The molecule has 18 N–H and O–H groups in total. The van der Waals surface area contributed by atoms with E-state index in [-0.39, 0.29) is 96.6 Å². The van der Waals surface area contributed by atoms with E-state index in [9.17, 15) is 8.42 Å². The van der Waals surface area contributed by atoms with Crippen LogP contribution in [-0.4, -0.2) is 241 Å². The normalized spacial score (nSPS) is 12.4. The van der Waals surface area contributed by atoms with Crippen molar-refractivity contribution in [3.8, 4) is 23.0 Å². The van der Waals surface area contributed by atoms with Crippen LogP contribution in [0.1, 0.15) is 176 Å². The quantitative estimate of drug-likeness (QED) is 0.0230. The maximum Gasteiger partial charge on any atom is 0.183 e. The van der Waals surface area contributed by atoms with Gasteiger partial charge in [-0.25, -0.2) is 8.42 Å². The minimum atomic E-state index is -3.47. The number of rotatable bonds is 19. The Kier molecular flexibility index (Phi) is 104. The van der Waals surface area contributed by atoms with Gasteiger partial charge in [0.1, 0.15) is 27.9 Å². The van der Waals surface area contributed by atoms with Crippen LogP contribution in [0.5, 0.6) is 23.0 Å². The Labute approximate surface area is 572 Å². The highest BCUT2D eigenvalue weighted by Crippen LogP contribution is 2.26. The first-order valence-electron chi connectivity index (χ1n) is 32.3. The van der Waals surface area contributed by atoms with Crippen LogP contribution in [0.15, 0.2) is 59.5 Å². The summed E-state index contributed by atoms with van der Waals surface area (Å²) < 4.78 is 21.8. The Morgan fingerprint density at radius 1 is 0.604 bits per heavy atom. The lowest BCUT2D eigenvalue weighted by Crippen LogP contribution is -2.50. The number of quaternary nitrogens is 1. The molecule has 3 aromatic carbocycles. The second-order valence-electron chi connectivity index (χ2n) is 19.8. The van der Waals surface area contributed by atoms with E-state index in [1.807, 2.05) is 95.2 Å². The number of aromatic hydroxyl groups is 4. The van der Waals surface area contributed by atoms with Crippen molar-refractivity contribution in [2.24, 2.45) is 16.9 Å². The van der Waals surface area contributed by atoms with E-state index >= 15 is 0 Å². The summed E-state index contributed by atoms with van der Waals surface area (Å²) in [6, 6.07) is 13.9. The maximum absolute atomic E-state index is 10.9. The van der Waals surface area contributed by atoms with Gasteiger partial charge in [-0.1, -0.05) is 115 Å². The molecular formula is C66H144N5O16S4+. The number of piperazine rings is 1. The highest BCUT2D eigenvalue weighted by Gasteiger charge is 2.22. The number of phenolic OH excluding ortho intramolecular Hbond substituents is 4. The van der Waals surface area contributed by atoms with Crippen molar-refractivity contribution < 1.29 is 84.4 Å². The SMILES string of the molecule is CC.CC.CC.CC(O)CC(C)O.CCC(C)(CO)CO.CCC(S)CS.CCCC(C)N.CCCN1CCN(CCO)CC1.CCC[N+](CO)(CO)CO.CCN.CCO.CCO.CCS.CS(=O)(=O)c1cc(O)ccc1O.Oc1ccc2ccc(O)cc2c1. The van der Waals surface area contributed by atoms with Crippen LogP contribution < -0.4 is 11.5 Å². The number of fused-ring (bicyclic) bond motifs is 1. The summed E-state index contributed by atoms with van der Waals surface area (Å²) in [5.74, 6) is 1.73. The molecule has 1 saturated heterocycles. The van der Waals surface area contributed by atoms with Gasteiger partial charge in [0.15, 0.2) is 30.0 Å².